The van der Waals surface area contributed by atoms with E-state index in [4.69, 9.17) is 4.42 Å². The zero-order valence-electron chi connectivity index (χ0n) is 16.1. The van der Waals surface area contributed by atoms with E-state index in [1.165, 1.54) is 0 Å². The Bertz CT molecular complexity index is 1450. The number of aryl methyl sites for hydroxylation is 1. The maximum Gasteiger partial charge on any atom is 0.338 e. The highest BCUT2D eigenvalue weighted by atomic mass is 16.4. The van der Waals surface area contributed by atoms with E-state index in [0.29, 0.717) is 16.7 Å². The molecular formula is C22H18N2O5. The number of carboxylic acids is 1. The Morgan fingerprint density at radius 1 is 1.03 bits per heavy atom. The van der Waals surface area contributed by atoms with Crippen molar-refractivity contribution in [2.75, 3.05) is 19.0 Å². The normalized spacial score (nSPS) is 11.1. The fourth-order valence-corrected chi connectivity index (χ4v) is 3.33. The molecule has 0 saturated carbocycles. The third-order valence-corrected chi connectivity index (χ3v) is 4.87. The van der Waals surface area contributed by atoms with Crippen molar-refractivity contribution in [3.63, 3.8) is 0 Å². The number of hydrogen-bond donors (Lipinski definition) is 2. The summed E-state index contributed by atoms with van der Waals surface area (Å²) >= 11 is 0. The molecule has 2 aromatic rings. The van der Waals surface area contributed by atoms with Gasteiger partial charge in [-0.3, -0.25) is 9.59 Å². The van der Waals surface area contributed by atoms with E-state index in [9.17, 15) is 19.5 Å². The van der Waals surface area contributed by atoms with Gasteiger partial charge in [-0.2, -0.15) is 0 Å². The number of nitrogens with one attached hydrogen (secondary N) is 1. The van der Waals surface area contributed by atoms with Crippen molar-refractivity contribution >= 4 is 22.8 Å². The molecule has 7 heteroatoms. The Morgan fingerprint density at radius 3 is 2.34 bits per heavy atom. The molecule has 2 N–H and O–H groups in total. The SMILES string of the molecule is Cc1ccc(-c2c(C(=O)O)c3[nH]c4ccc(N(C)C)cc4oc=3c(=O)c2=O)cc1. The van der Waals surface area contributed by atoms with Gasteiger partial charge < -0.3 is 19.4 Å². The molecule has 0 spiro atoms. The summed E-state index contributed by atoms with van der Waals surface area (Å²) in [5, 5.41) is 9.86. The molecule has 1 heterocycles. The predicted octanol–water partition coefficient (Wildman–Crippen LogP) is 2.95. The van der Waals surface area contributed by atoms with E-state index in [1.807, 2.05) is 32.0 Å². The molecule has 0 saturated heterocycles. The van der Waals surface area contributed by atoms with Gasteiger partial charge in [0.2, 0.25) is 10.8 Å². The molecule has 0 unspecified atom stereocenters. The molecule has 2 aromatic carbocycles. The van der Waals surface area contributed by atoms with Crippen LogP contribution in [0.4, 0.5) is 5.69 Å². The first-order valence-corrected chi connectivity index (χ1v) is 8.92. The van der Waals surface area contributed by atoms with Crippen molar-refractivity contribution in [3.05, 3.63) is 84.8 Å². The van der Waals surface area contributed by atoms with Gasteiger partial charge in [0, 0.05) is 25.8 Å². The number of benzene rings is 2. The quantitative estimate of drug-likeness (QED) is 0.521. The third kappa shape index (κ3) is 2.97. The van der Waals surface area contributed by atoms with Crippen LogP contribution < -0.4 is 15.8 Å². The number of fused-ring (bicyclic) bond motifs is 1. The van der Waals surface area contributed by atoms with Gasteiger partial charge in [0.1, 0.15) is 5.35 Å². The maximum atomic E-state index is 12.8. The summed E-state index contributed by atoms with van der Waals surface area (Å²) in [5.41, 5.74) is 0.497. The standard InChI is InChI=1S/C22H18N2O5/c1-11-4-6-12(7-5-11)16-17(22(27)28)18-21(20(26)19(16)25)29-15-10-13(24(2)3)8-9-14(15)23-18/h4-10,23H,1-3H3,(H,27,28). The first-order valence-electron chi connectivity index (χ1n) is 8.92. The number of aromatic nitrogens is 1. The fourth-order valence-electron chi connectivity index (χ4n) is 3.33. The second kappa shape index (κ2) is 6.63. The monoisotopic (exact) mass is 390 g/mol. The van der Waals surface area contributed by atoms with E-state index in [-0.39, 0.29) is 21.9 Å². The summed E-state index contributed by atoms with van der Waals surface area (Å²) in [7, 11) is 3.72. The van der Waals surface area contributed by atoms with Gasteiger partial charge in [-0.1, -0.05) is 29.8 Å². The van der Waals surface area contributed by atoms with E-state index < -0.39 is 16.8 Å². The molecule has 4 rings (SSSR count). The Kier molecular flexibility index (Phi) is 4.23. The smallest absolute Gasteiger partial charge is 0.338 e. The first kappa shape index (κ1) is 18.5. The summed E-state index contributed by atoms with van der Waals surface area (Å²) < 4.78 is 5.72. The van der Waals surface area contributed by atoms with Crippen LogP contribution in [-0.4, -0.2) is 30.2 Å². The largest absolute Gasteiger partial charge is 0.478 e. The number of rotatable bonds is 3. The van der Waals surface area contributed by atoms with Crippen LogP contribution in [0.2, 0.25) is 0 Å². The predicted molar refractivity (Wildman–Crippen MR) is 110 cm³/mol. The molecule has 0 amide bonds. The second-order valence-corrected chi connectivity index (χ2v) is 7.09. The zero-order valence-corrected chi connectivity index (χ0v) is 16.1. The fraction of sp³-hybridized carbons (Fsp3) is 0.136. The molecule has 29 heavy (non-hydrogen) atoms. The minimum absolute atomic E-state index is 0.0113. The lowest BCUT2D eigenvalue weighted by Crippen LogP contribution is -2.30. The number of aromatic carboxylic acids is 1. The Morgan fingerprint density at radius 2 is 1.72 bits per heavy atom. The summed E-state index contributed by atoms with van der Waals surface area (Å²) in [6.45, 7) is 1.88. The molecule has 146 valence electrons. The topological polar surface area (TPSA) is 104 Å². The molecule has 1 aliphatic heterocycles. The number of nitrogens with zero attached hydrogens (tertiary/aromatic N) is 1. The second-order valence-electron chi connectivity index (χ2n) is 7.09. The van der Waals surface area contributed by atoms with Crippen LogP contribution in [0.15, 0.2) is 56.5 Å². The van der Waals surface area contributed by atoms with Crippen molar-refractivity contribution in [1.82, 2.24) is 4.98 Å². The van der Waals surface area contributed by atoms with E-state index >= 15 is 0 Å². The van der Waals surface area contributed by atoms with Crippen LogP contribution >= 0.6 is 0 Å². The Labute approximate surface area is 164 Å². The number of hydrogen-bond acceptors (Lipinski definition) is 5. The first-order chi connectivity index (χ1) is 13.8. The molecule has 0 atom stereocenters. The summed E-state index contributed by atoms with van der Waals surface area (Å²) in [6.07, 6.45) is 0. The van der Waals surface area contributed by atoms with Crippen LogP contribution in [0.25, 0.3) is 22.2 Å². The minimum atomic E-state index is -1.32. The van der Waals surface area contributed by atoms with Gasteiger partial charge in [-0.05, 0) is 24.6 Å². The molecule has 0 bridgehead atoms. The zero-order chi connectivity index (χ0) is 20.9. The summed E-state index contributed by atoms with van der Waals surface area (Å²) in [4.78, 5) is 42.6. The van der Waals surface area contributed by atoms with E-state index in [0.717, 1.165) is 11.3 Å². The van der Waals surface area contributed by atoms with Crippen molar-refractivity contribution < 1.29 is 14.3 Å². The highest BCUT2D eigenvalue weighted by molar-refractivity contribution is 5.96. The molecule has 0 aromatic heterocycles. The number of carbonyl (C=O) groups is 1. The van der Waals surface area contributed by atoms with Gasteiger partial charge in [0.25, 0.3) is 5.43 Å². The number of H-pyrrole nitrogens is 1. The lowest BCUT2D eigenvalue weighted by molar-refractivity contribution is 0.0695. The number of carboxylic acid groups (broad SMARTS) is 1. The van der Waals surface area contributed by atoms with Crippen LogP contribution in [0.1, 0.15) is 15.9 Å². The van der Waals surface area contributed by atoms with Crippen LogP contribution in [0, 0.1) is 17.7 Å². The van der Waals surface area contributed by atoms with Crippen LogP contribution in [0.5, 0.6) is 0 Å². The van der Waals surface area contributed by atoms with Crippen molar-refractivity contribution in [2.24, 2.45) is 0 Å². The lowest BCUT2D eigenvalue weighted by atomic mass is 9.97. The van der Waals surface area contributed by atoms with Crippen LogP contribution in [0.3, 0.4) is 0 Å². The molecule has 7 nitrogen and oxygen atoms in total. The molecule has 0 fully saturated rings. The third-order valence-electron chi connectivity index (χ3n) is 4.87. The van der Waals surface area contributed by atoms with Gasteiger partial charge in [-0.15, -0.1) is 0 Å². The Hall–Kier alpha value is -3.87. The molecular weight excluding hydrogens is 372 g/mol. The summed E-state index contributed by atoms with van der Waals surface area (Å²) in [5.74, 6) is -1.32. The van der Waals surface area contributed by atoms with Gasteiger partial charge >= 0.3 is 5.97 Å². The van der Waals surface area contributed by atoms with E-state index in [1.54, 1.807) is 36.4 Å². The highest BCUT2D eigenvalue weighted by Crippen LogP contribution is 2.24. The van der Waals surface area contributed by atoms with Crippen molar-refractivity contribution in [1.29, 1.82) is 0 Å². The van der Waals surface area contributed by atoms with Crippen molar-refractivity contribution in [3.8, 4) is 11.1 Å². The molecule has 2 aliphatic rings. The number of anilines is 1. The van der Waals surface area contributed by atoms with Gasteiger partial charge in [0.05, 0.1) is 16.6 Å². The average Bonchev–Trinajstić information content (AvgIpc) is 2.69. The highest BCUT2D eigenvalue weighted by Gasteiger charge is 2.23. The lowest BCUT2D eigenvalue weighted by Gasteiger charge is -2.13. The summed E-state index contributed by atoms with van der Waals surface area (Å²) in [6, 6.07) is 12.1. The Balaban J connectivity index is 2.20. The van der Waals surface area contributed by atoms with Crippen LogP contribution in [-0.2, 0) is 0 Å². The molecule has 1 aliphatic carbocycles. The van der Waals surface area contributed by atoms with Gasteiger partial charge in [0.15, 0.2) is 5.58 Å². The van der Waals surface area contributed by atoms with Crippen molar-refractivity contribution in [2.45, 2.75) is 6.92 Å². The van der Waals surface area contributed by atoms with Gasteiger partial charge in [-0.25, -0.2) is 4.79 Å². The minimum Gasteiger partial charge on any atom is -0.478 e. The maximum absolute atomic E-state index is 12.8. The molecule has 0 radical (unpaired) electrons. The number of aromatic amines is 1. The average molecular weight is 390 g/mol. The van der Waals surface area contributed by atoms with E-state index in [2.05, 4.69) is 4.98 Å².